The number of piperidine rings is 1. The van der Waals surface area contributed by atoms with E-state index in [0.29, 0.717) is 11.0 Å². The lowest BCUT2D eigenvalue weighted by molar-refractivity contribution is -0.115. The van der Waals surface area contributed by atoms with Gasteiger partial charge in [0, 0.05) is 11.1 Å². The monoisotopic (exact) mass is 319 g/mol. The van der Waals surface area contributed by atoms with Crippen LogP contribution in [0.15, 0.2) is 30.5 Å². The number of halogens is 1. The lowest BCUT2D eigenvalue weighted by Crippen LogP contribution is -2.26. The van der Waals surface area contributed by atoms with Crippen molar-refractivity contribution in [3.05, 3.63) is 46.7 Å². The molecule has 1 aliphatic heterocycles. The summed E-state index contributed by atoms with van der Waals surface area (Å²) in [7, 11) is 0. The zero-order valence-electron chi connectivity index (χ0n) is 12.1. The van der Waals surface area contributed by atoms with Crippen molar-refractivity contribution < 1.29 is 9.18 Å². The number of thiazole rings is 1. The third-order valence-corrected chi connectivity index (χ3v) is 4.86. The maximum atomic E-state index is 12.8. The van der Waals surface area contributed by atoms with E-state index in [2.05, 4.69) is 15.6 Å². The Balaban J connectivity index is 1.57. The summed E-state index contributed by atoms with van der Waals surface area (Å²) >= 11 is 1.55. The van der Waals surface area contributed by atoms with Crippen molar-refractivity contribution in [2.75, 3.05) is 18.4 Å². The molecule has 1 saturated heterocycles. The second kappa shape index (κ2) is 6.98. The van der Waals surface area contributed by atoms with Crippen LogP contribution in [0.3, 0.4) is 0 Å². The van der Waals surface area contributed by atoms with Gasteiger partial charge >= 0.3 is 0 Å². The predicted octanol–water partition coefficient (Wildman–Crippen LogP) is 2.93. The van der Waals surface area contributed by atoms with Crippen molar-refractivity contribution >= 4 is 22.4 Å². The molecule has 0 atom stereocenters. The first-order chi connectivity index (χ1) is 10.7. The molecule has 1 amide bonds. The number of nitrogens with zero attached hydrogens (tertiary/aromatic N) is 1. The zero-order valence-corrected chi connectivity index (χ0v) is 13.0. The summed E-state index contributed by atoms with van der Waals surface area (Å²) in [4.78, 5) is 17.5. The molecule has 0 unspecified atom stereocenters. The molecule has 116 valence electrons. The Morgan fingerprint density at radius 1 is 1.32 bits per heavy atom. The van der Waals surface area contributed by atoms with E-state index in [1.807, 2.05) is 6.20 Å². The quantitative estimate of drug-likeness (QED) is 0.911. The lowest BCUT2D eigenvalue weighted by atomic mass is 9.97. The van der Waals surface area contributed by atoms with Gasteiger partial charge in [-0.25, -0.2) is 9.37 Å². The average Bonchev–Trinajstić information content (AvgIpc) is 2.99. The van der Waals surface area contributed by atoms with Gasteiger partial charge in [-0.3, -0.25) is 4.79 Å². The molecule has 1 aromatic carbocycles. The maximum Gasteiger partial charge on any atom is 0.230 e. The highest BCUT2D eigenvalue weighted by atomic mass is 32.1. The summed E-state index contributed by atoms with van der Waals surface area (Å²) in [5.74, 6) is 0.120. The highest BCUT2D eigenvalue weighted by Crippen LogP contribution is 2.31. The van der Waals surface area contributed by atoms with Crippen molar-refractivity contribution in [1.82, 2.24) is 10.3 Å². The first-order valence-corrected chi connectivity index (χ1v) is 8.23. The molecule has 22 heavy (non-hydrogen) atoms. The minimum absolute atomic E-state index is 0.127. The Morgan fingerprint density at radius 3 is 2.77 bits per heavy atom. The zero-order chi connectivity index (χ0) is 15.4. The first kappa shape index (κ1) is 15.1. The predicted molar refractivity (Wildman–Crippen MR) is 85.7 cm³/mol. The number of aromatic nitrogens is 1. The molecule has 1 fully saturated rings. The number of rotatable bonds is 4. The number of carbonyl (C=O) groups is 1. The van der Waals surface area contributed by atoms with Gasteiger partial charge in [0.2, 0.25) is 5.91 Å². The summed E-state index contributed by atoms with van der Waals surface area (Å²) in [6, 6.07) is 5.97. The molecule has 0 radical (unpaired) electrons. The fourth-order valence-electron chi connectivity index (χ4n) is 2.59. The van der Waals surface area contributed by atoms with Crippen LogP contribution in [0.1, 0.15) is 29.2 Å². The van der Waals surface area contributed by atoms with E-state index in [1.165, 1.54) is 17.0 Å². The van der Waals surface area contributed by atoms with Gasteiger partial charge in [-0.2, -0.15) is 0 Å². The molecule has 1 aliphatic rings. The van der Waals surface area contributed by atoms with Crippen LogP contribution in [0.5, 0.6) is 0 Å². The molecule has 2 heterocycles. The number of carbonyl (C=O) groups excluding carboxylic acids is 1. The summed E-state index contributed by atoms with van der Waals surface area (Å²) in [5, 5.41) is 6.81. The molecule has 0 spiro atoms. The second-order valence-electron chi connectivity index (χ2n) is 5.44. The third kappa shape index (κ3) is 3.90. The van der Waals surface area contributed by atoms with Gasteiger partial charge < -0.3 is 10.6 Å². The fourth-order valence-corrected chi connectivity index (χ4v) is 3.59. The SMILES string of the molecule is O=C(Cc1ccc(F)cc1)Nc1ncc(C2CCNCC2)s1. The van der Waals surface area contributed by atoms with Crippen LogP contribution in [0.2, 0.25) is 0 Å². The van der Waals surface area contributed by atoms with Crippen LogP contribution >= 0.6 is 11.3 Å². The smallest absolute Gasteiger partial charge is 0.230 e. The van der Waals surface area contributed by atoms with Crippen LogP contribution in [0.4, 0.5) is 9.52 Å². The molecule has 0 saturated carbocycles. The molecule has 2 aromatic rings. The van der Waals surface area contributed by atoms with E-state index < -0.39 is 0 Å². The van der Waals surface area contributed by atoms with Crippen LogP contribution in [0.25, 0.3) is 0 Å². The molecule has 1 aromatic heterocycles. The highest BCUT2D eigenvalue weighted by Gasteiger charge is 2.18. The Kier molecular flexibility index (Phi) is 4.80. The van der Waals surface area contributed by atoms with E-state index in [1.54, 1.807) is 23.5 Å². The summed E-state index contributed by atoms with van der Waals surface area (Å²) in [6.07, 6.45) is 4.33. The maximum absolute atomic E-state index is 12.8. The van der Waals surface area contributed by atoms with E-state index in [0.717, 1.165) is 31.5 Å². The largest absolute Gasteiger partial charge is 0.317 e. The van der Waals surface area contributed by atoms with Crippen LogP contribution in [-0.2, 0) is 11.2 Å². The standard InChI is InChI=1S/C16H18FN3OS/c17-13-3-1-11(2-4-13)9-15(21)20-16-19-10-14(22-16)12-5-7-18-8-6-12/h1-4,10,12,18H,5-9H2,(H,19,20,21). The number of nitrogens with one attached hydrogen (secondary N) is 2. The molecule has 0 bridgehead atoms. The molecule has 6 heteroatoms. The number of benzene rings is 1. The van der Waals surface area contributed by atoms with Gasteiger partial charge in [-0.15, -0.1) is 11.3 Å². The normalized spacial score (nSPS) is 15.7. The highest BCUT2D eigenvalue weighted by molar-refractivity contribution is 7.15. The second-order valence-corrected chi connectivity index (χ2v) is 6.51. The third-order valence-electron chi connectivity index (χ3n) is 3.79. The Hall–Kier alpha value is -1.79. The Bertz CT molecular complexity index is 635. The molecule has 3 rings (SSSR count). The van der Waals surface area contributed by atoms with Crippen molar-refractivity contribution in [1.29, 1.82) is 0 Å². The summed E-state index contributed by atoms with van der Waals surface area (Å²) in [5.41, 5.74) is 0.786. The fraction of sp³-hybridized carbons (Fsp3) is 0.375. The Morgan fingerprint density at radius 2 is 2.05 bits per heavy atom. The number of anilines is 1. The summed E-state index contributed by atoms with van der Waals surface area (Å²) < 4.78 is 12.8. The minimum Gasteiger partial charge on any atom is -0.317 e. The van der Waals surface area contributed by atoms with Crippen molar-refractivity contribution in [3.8, 4) is 0 Å². The molecule has 2 N–H and O–H groups in total. The van der Waals surface area contributed by atoms with Gasteiger partial charge in [0.05, 0.1) is 6.42 Å². The van der Waals surface area contributed by atoms with Crippen molar-refractivity contribution in [2.24, 2.45) is 0 Å². The number of hydrogen-bond acceptors (Lipinski definition) is 4. The topological polar surface area (TPSA) is 54.0 Å². The first-order valence-electron chi connectivity index (χ1n) is 7.41. The van der Waals surface area contributed by atoms with E-state index in [4.69, 9.17) is 0 Å². The van der Waals surface area contributed by atoms with E-state index in [9.17, 15) is 9.18 Å². The van der Waals surface area contributed by atoms with Gasteiger partial charge in [0.25, 0.3) is 0 Å². The van der Waals surface area contributed by atoms with Gasteiger partial charge in [-0.1, -0.05) is 12.1 Å². The van der Waals surface area contributed by atoms with E-state index in [-0.39, 0.29) is 18.1 Å². The average molecular weight is 319 g/mol. The van der Waals surface area contributed by atoms with Gasteiger partial charge in [-0.05, 0) is 49.5 Å². The number of amides is 1. The van der Waals surface area contributed by atoms with Crippen molar-refractivity contribution in [2.45, 2.75) is 25.2 Å². The molecular weight excluding hydrogens is 301 g/mol. The number of hydrogen-bond donors (Lipinski definition) is 2. The van der Waals surface area contributed by atoms with Gasteiger partial charge in [0.1, 0.15) is 5.82 Å². The van der Waals surface area contributed by atoms with Crippen LogP contribution < -0.4 is 10.6 Å². The van der Waals surface area contributed by atoms with Gasteiger partial charge in [0.15, 0.2) is 5.13 Å². The van der Waals surface area contributed by atoms with Crippen LogP contribution in [-0.4, -0.2) is 24.0 Å². The van der Waals surface area contributed by atoms with Crippen molar-refractivity contribution in [3.63, 3.8) is 0 Å². The lowest BCUT2D eigenvalue weighted by Gasteiger charge is -2.20. The Labute approximate surface area is 132 Å². The van der Waals surface area contributed by atoms with Crippen LogP contribution in [0, 0.1) is 5.82 Å². The molecule has 0 aliphatic carbocycles. The molecular formula is C16H18FN3OS. The molecule has 4 nitrogen and oxygen atoms in total. The minimum atomic E-state index is -0.296. The van der Waals surface area contributed by atoms with E-state index >= 15 is 0 Å². The summed E-state index contributed by atoms with van der Waals surface area (Å²) in [6.45, 7) is 2.07.